The van der Waals surface area contributed by atoms with Crippen molar-refractivity contribution >= 4 is 12.0 Å². The summed E-state index contributed by atoms with van der Waals surface area (Å²) in [6, 6.07) is 14.2. The lowest BCUT2D eigenvalue weighted by Crippen LogP contribution is -2.32. The maximum absolute atomic E-state index is 12.0. The number of ether oxygens (including phenoxy) is 2. The third kappa shape index (κ3) is 4.05. The molecule has 0 N–H and O–H groups in total. The number of esters is 1. The zero-order valence-corrected chi connectivity index (χ0v) is 14.7. The van der Waals surface area contributed by atoms with Crippen LogP contribution in [0.4, 0.5) is 4.79 Å². The molecular weight excluding hydrogens is 336 g/mol. The SMILES string of the molecule is COC(=O)c1cc(OCc2ccccc2)cc(ON2CCN(C)C2=O)c1. The van der Waals surface area contributed by atoms with E-state index in [1.165, 1.54) is 18.2 Å². The molecule has 2 aromatic rings. The van der Waals surface area contributed by atoms with E-state index in [1.54, 1.807) is 24.1 Å². The predicted molar refractivity (Wildman–Crippen MR) is 93.9 cm³/mol. The third-order valence-electron chi connectivity index (χ3n) is 3.94. The summed E-state index contributed by atoms with van der Waals surface area (Å²) in [5.74, 6) is 0.274. The van der Waals surface area contributed by atoms with Crippen LogP contribution in [0.2, 0.25) is 0 Å². The van der Waals surface area contributed by atoms with E-state index in [0.29, 0.717) is 31.2 Å². The Morgan fingerprint density at radius 1 is 1.08 bits per heavy atom. The first-order chi connectivity index (χ1) is 12.6. The largest absolute Gasteiger partial charge is 0.489 e. The molecule has 1 aliphatic heterocycles. The molecule has 0 radical (unpaired) electrons. The summed E-state index contributed by atoms with van der Waals surface area (Å²) in [5.41, 5.74) is 1.28. The molecule has 26 heavy (non-hydrogen) atoms. The standard InChI is InChI=1S/C19H20N2O5/c1-20-8-9-21(19(20)23)26-17-11-15(18(22)24-2)10-16(12-17)25-13-14-6-4-3-5-7-14/h3-7,10-12H,8-9,13H2,1-2H3. The van der Waals surface area contributed by atoms with Crippen molar-refractivity contribution in [1.82, 2.24) is 9.96 Å². The maximum Gasteiger partial charge on any atom is 0.352 e. The Bertz CT molecular complexity index is 794. The monoisotopic (exact) mass is 356 g/mol. The molecule has 7 nitrogen and oxygen atoms in total. The van der Waals surface area contributed by atoms with Crippen molar-refractivity contribution in [3.05, 3.63) is 59.7 Å². The second kappa shape index (κ2) is 7.77. The average molecular weight is 356 g/mol. The molecule has 2 aromatic carbocycles. The van der Waals surface area contributed by atoms with Crippen LogP contribution in [0.3, 0.4) is 0 Å². The Balaban J connectivity index is 1.79. The molecule has 2 amide bonds. The van der Waals surface area contributed by atoms with Gasteiger partial charge in [-0.2, -0.15) is 5.06 Å². The number of amides is 2. The van der Waals surface area contributed by atoms with Crippen molar-refractivity contribution in [2.75, 3.05) is 27.2 Å². The highest BCUT2D eigenvalue weighted by atomic mass is 16.7. The number of hydroxylamine groups is 2. The summed E-state index contributed by atoms with van der Waals surface area (Å²) in [6.07, 6.45) is 0. The second-order valence-electron chi connectivity index (χ2n) is 5.86. The van der Waals surface area contributed by atoms with Crippen molar-refractivity contribution in [2.45, 2.75) is 6.61 Å². The molecule has 0 spiro atoms. The van der Waals surface area contributed by atoms with Crippen LogP contribution in [0.1, 0.15) is 15.9 Å². The van der Waals surface area contributed by atoms with Gasteiger partial charge in [-0.25, -0.2) is 9.59 Å². The van der Waals surface area contributed by atoms with E-state index in [9.17, 15) is 9.59 Å². The van der Waals surface area contributed by atoms with E-state index in [4.69, 9.17) is 14.3 Å². The molecule has 0 aliphatic carbocycles. The molecular formula is C19H20N2O5. The van der Waals surface area contributed by atoms with Crippen LogP contribution in [-0.4, -0.2) is 49.2 Å². The third-order valence-corrected chi connectivity index (χ3v) is 3.94. The van der Waals surface area contributed by atoms with Gasteiger partial charge in [-0.1, -0.05) is 30.3 Å². The molecule has 1 saturated heterocycles. The first kappa shape index (κ1) is 17.6. The summed E-state index contributed by atoms with van der Waals surface area (Å²) in [6.45, 7) is 1.36. The smallest absolute Gasteiger partial charge is 0.352 e. The average Bonchev–Trinajstić information content (AvgIpc) is 2.98. The van der Waals surface area contributed by atoms with E-state index in [1.807, 2.05) is 30.3 Å². The van der Waals surface area contributed by atoms with Crippen molar-refractivity contribution < 1.29 is 23.9 Å². The van der Waals surface area contributed by atoms with Gasteiger partial charge in [0.15, 0.2) is 5.75 Å². The zero-order valence-electron chi connectivity index (χ0n) is 14.7. The summed E-state index contributed by atoms with van der Waals surface area (Å²) in [7, 11) is 3.00. The maximum atomic E-state index is 12.0. The van der Waals surface area contributed by atoms with Crippen molar-refractivity contribution in [3.8, 4) is 11.5 Å². The zero-order chi connectivity index (χ0) is 18.5. The minimum atomic E-state index is -0.509. The van der Waals surface area contributed by atoms with Gasteiger partial charge in [0.2, 0.25) is 0 Å². The molecule has 0 atom stereocenters. The topological polar surface area (TPSA) is 68.3 Å². The quantitative estimate of drug-likeness (QED) is 0.745. The van der Waals surface area contributed by atoms with Crippen LogP contribution < -0.4 is 9.57 Å². The van der Waals surface area contributed by atoms with E-state index < -0.39 is 5.97 Å². The minimum Gasteiger partial charge on any atom is -0.489 e. The van der Waals surface area contributed by atoms with Gasteiger partial charge < -0.3 is 19.2 Å². The number of hydrogen-bond donors (Lipinski definition) is 0. The normalized spacial score (nSPS) is 13.7. The number of nitrogens with zero attached hydrogens (tertiary/aromatic N) is 2. The predicted octanol–water partition coefficient (Wildman–Crippen LogP) is 2.71. The van der Waals surface area contributed by atoms with Crippen LogP contribution in [0.15, 0.2) is 48.5 Å². The number of carbonyl (C=O) groups excluding carboxylic acids is 2. The molecule has 0 unspecified atom stereocenters. The highest BCUT2D eigenvalue weighted by Crippen LogP contribution is 2.26. The Labute approximate surface area is 151 Å². The second-order valence-corrected chi connectivity index (χ2v) is 5.86. The van der Waals surface area contributed by atoms with E-state index in [-0.39, 0.29) is 11.6 Å². The molecule has 3 rings (SSSR count). The fourth-order valence-electron chi connectivity index (χ4n) is 2.52. The summed E-state index contributed by atoms with van der Waals surface area (Å²) in [5, 5.41) is 1.25. The molecule has 0 saturated carbocycles. The molecule has 7 heteroatoms. The molecule has 0 bridgehead atoms. The van der Waals surface area contributed by atoms with E-state index in [0.717, 1.165) is 5.56 Å². The number of methoxy groups -OCH3 is 1. The van der Waals surface area contributed by atoms with Gasteiger partial charge in [-0.05, 0) is 17.7 Å². The Kier molecular flexibility index (Phi) is 5.26. The molecule has 1 heterocycles. The first-order valence-electron chi connectivity index (χ1n) is 8.17. The lowest BCUT2D eigenvalue weighted by molar-refractivity contribution is 0.00401. The highest BCUT2D eigenvalue weighted by molar-refractivity contribution is 5.90. The van der Waals surface area contributed by atoms with Gasteiger partial charge >= 0.3 is 12.0 Å². The number of benzene rings is 2. The van der Waals surface area contributed by atoms with Gasteiger partial charge in [0.05, 0.1) is 19.2 Å². The Hall–Kier alpha value is -3.22. The number of hydrogen-bond acceptors (Lipinski definition) is 5. The molecule has 136 valence electrons. The van der Waals surface area contributed by atoms with Gasteiger partial charge in [0.1, 0.15) is 12.4 Å². The lowest BCUT2D eigenvalue weighted by atomic mass is 10.2. The Morgan fingerprint density at radius 3 is 2.46 bits per heavy atom. The lowest BCUT2D eigenvalue weighted by Gasteiger charge is -2.17. The van der Waals surface area contributed by atoms with Crippen molar-refractivity contribution in [2.24, 2.45) is 0 Å². The van der Waals surface area contributed by atoms with Crippen LogP contribution in [0, 0.1) is 0 Å². The van der Waals surface area contributed by atoms with Crippen molar-refractivity contribution in [3.63, 3.8) is 0 Å². The Morgan fingerprint density at radius 2 is 1.81 bits per heavy atom. The number of carbonyl (C=O) groups is 2. The minimum absolute atomic E-state index is 0.236. The number of urea groups is 1. The van der Waals surface area contributed by atoms with Gasteiger partial charge in [-0.15, -0.1) is 0 Å². The van der Waals surface area contributed by atoms with E-state index >= 15 is 0 Å². The first-order valence-corrected chi connectivity index (χ1v) is 8.17. The molecule has 1 aliphatic rings. The van der Waals surface area contributed by atoms with Crippen LogP contribution in [-0.2, 0) is 11.3 Å². The summed E-state index contributed by atoms with van der Waals surface area (Å²) >= 11 is 0. The fraction of sp³-hybridized carbons (Fsp3) is 0.263. The number of likely N-dealkylation sites (N-methyl/N-ethyl adjacent to an activating group) is 1. The summed E-state index contributed by atoms with van der Waals surface area (Å²) < 4.78 is 10.6. The van der Waals surface area contributed by atoms with Crippen LogP contribution in [0.5, 0.6) is 11.5 Å². The van der Waals surface area contributed by atoms with Crippen molar-refractivity contribution in [1.29, 1.82) is 0 Å². The summed E-state index contributed by atoms with van der Waals surface area (Å²) in [4.78, 5) is 31.1. The highest BCUT2D eigenvalue weighted by Gasteiger charge is 2.27. The molecule has 0 aromatic heterocycles. The fourth-order valence-corrected chi connectivity index (χ4v) is 2.52. The van der Waals surface area contributed by atoms with Gasteiger partial charge in [-0.3, -0.25) is 0 Å². The van der Waals surface area contributed by atoms with Crippen LogP contribution >= 0.6 is 0 Å². The number of rotatable bonds is 6. The van der Waals surface area contributed by atoms with Gasteiger partial charge in [0.25, 0.3) is 0 Å². The van der Waals surface area contributed by atoms with Crippen LogP contribution in [0.25, 0.3) is 0 Å². The van der Waals surface area contributed by atoms with Gasteiger partial charge in [0, 0.05) is 19.7 Å². The van der Waals surface area contributed by atoms with E-state index in [2.05, 4.69) is 0 Å². The molecule has 1 fully saturated rings.